The summed E-state index contributed by atoms with van der Waals surface area (Å²) in [6, 6.07) is -4.28. The van der Waals surface area contributed by atoms with Crippen LogP contribution in [-0.4, -0.2) is 189 Å². The molecule has 23 heteroatoms. The van der Waals surface area contributed by atoms with E-state index in [1.807, 2.05) is 0 Å². The Kier molecular flexibility index (Phi) is 29.9. The molecule has 0 amide bonds. The van der Waals surface area contributed by atoms with Crippen LogP contribution in [0, 0.1) is 0 Å². The smallest absolute Gasteiger partial charge is 0.394 e. The highest BCUT2D eigenvalue weighted by molar-refractivity contribution is 7.81. The predicted molar refractivity (Wildman–Crippen MR) is 259 cm³/mol. The first kappa shape index (κ1) is 65.7. The van der Waals surface area contributed by atoms with E-state index in [2.05, 4.69) is 22.2 Å². The van der Waals surface area contributed by atoms with Crippen molar-refractivity contribution in [2.24, 2.45) is 11.5 Å². The van der Waals surface area contributed by atoms with Crippen LogP contribution < -0.4 is 11.5 Å². The highest BCUT2D eigenvalue weighted by Gasteiger charge is 2.74. The summed E-state index contributed by atoms with van der Waals surface area (Å²) in [7, 11) is -6.49. The van der Waals surface area contributed by atoms with Crippen molar-refractivity contribution in [1.82, 2.24) is 0 Å². The number of rotatable bonds is 38. The van der Waals surface area contributed by atoms with E-state index in [4.69, 9.17) is 20.9 Å². The van der Waals surface area contributed by atoms with E-state index in [9.17, 15) is 79.9 Å². The van der Waals surface area contributed by atoms with Gasteiger partial charge in [-0.25, -0.2) is 0 Å². The van der Waals surface area contributed by atoms with Crippen LogP contribution in [0.2, 0.25) is 0 Å². The maximum Gasteiger partial charge on any atom is 0.409 e. The van der Waals surface area contributed by atoms with Crippen LogP contribution in [0.25, 0.3) is 0 Å². The van der Waals surface area contributed by atoms with E-state index < -0.39 is 120 Å². The second-order valence-corrected chi connectivity index (χ2v) is 20.6. The summed E-state index contributed by atoms with van der Waals surface area (Å²) < 4.78 is 46.7. The van der Waals surface area contributed by atoms with Crippen molar-refractivity contribution in [1.29, 1.82) is 0 Å². The van der Waals surface area contributed by atoms with Gasteiger partial charge in [-0.05, 0) is 25.7 Å². The summed E-state index contributed by atoms with van der Waals surface area (Å²) in [5, 5.41) is 155. The minimum atomic E-state index is -6.49. The third-order valence-electron chi connectivity index (χ3n) is 13.8. The van der Waals surface area contributed by atoms with Gasteiger partial charge in [0.2, 0.25) is 11.2 Å². The van der Waals surface area contributed by atoms with Crippen molar-refractivity contribution in [2.45, 2.75) is 264 Å². The molecule has 0 aromatic heterocycles. The summed E-state index contributed by atoms with van der Waals surface area (Å²) >= 11 is 0. The number of unbranched alkanes of at least 4 members (excludes halogenated alkanes) is 22. The molecule has 71 heavy (non-hydrogen) atoms. The Morgan fingerprint density at radius 1 is 0.507 bits per heavy atom. The van der Waals surface area contributed by atoms with E-state index in [0.717, 1.165) is 63.5 Å². The minimum Gasteiger partial charge on any atom is -0.394 e. The zero-order valence-electron chi connectivity index (χ0n) is 41.9. The lowest BCUT2D eigenvalue weighted by Gasteiger charge is -2.55. The molecule has 0 aliphatic carbocycles. The summed E-state index contributed by atoms with van der Waals surface area (Å²) in [6.45, 7) is 1.68. The molecule has 0 spiro atoms. The van der Waals surface area contributed by atoms with Crippen LogP contribution in [0.3, 0.4) is 0 Å². The van der Waals surface area contributed by atoms with E-state index in [-0.39, 0.29) is 0 Å². The van der Waals surface area contributed by atoms with Gasteiger partial charge in [0, 0.05) is 0 Å². The predicted octanol–water partition coefficient (Wildman–Crippen LogP) is -0.143. The Morgan fingerprint density at radius 2 is 0.775 bits per heavy atom. The lowest BCUT2D eigenvalue weighted by Crippen LogP contribution is -2.81. The first-order chi connectivity index (χ1) is 33.5. The van der Waals surface area contributed by atoms with Gasteiger partial charge >= 0.3 is 22.3 Å². The van der Waals surface area contributed by atoms with Gasteiger partial charge in [-0.2, -0.15) is 16.8 Å². The Hall–Kier alpha value is -1.37. The molecule has 2 aliphatic heterocycles. The zero-order chi connectivity index (χ0) is 53.5. The summed E-state index contributed by atoms with van der Waals surface area (Å²) in [6.07, 6.45) is 5.43. The molecule has 2 rings (SSSR count). The molecule has 2 fully saturated rings. The van der Waals surface area contributed by atoms with Crippen molar-refractivity contribution in [3.63, 3.8) is 0 Å². The molecule has 0 saturated carbocycles. The van der Waals surface area contributed by atoms with E-state index in [0.29, 0.717) is 25.7 Å². The third kappa shape index (κ3) is 18.4. The van der Waals surface area contributed by atoms with Crippen LogP contribution in [0.1, 0.15) is 168 Å². The van der Waals surface area contributed by atoms with Gasteiger partial charge in [0.05, 0.1) is 37.5 Å². The third-order valence-corrected chi connectivity index (χ3v) is 14.6. The standard InChI is InChI=1S/C48H92N2O20S/c1-3-5-7-9-11-13-15-17-19-21-23-25-27-29-33(53)37(49)41(57)45(61)43(59)39(55)35(31-51)67-47(45,63)69-71(65,66)70-48(64)46(62,44(60)40(56)36(32-52)68-48)42(58)38(50)34(54)30-28-26-24-22-20-18-16-14-12-10-8-6-4-2/h27-30,33-44,51-64H,3-26,31-32,49-50H2,1-2H3/b29-27+,30-28+/t33-,34-,35?,36?,37+,38+,39?,40?,41?,42?,43?,44?,45?,46?,47?,48?/m1/s1. The molecule has 22 nitrogen and oxygen atoms in total. The van der Waals surface area contributed by atoms with Crippen molar-refractivity contribution < 1.29 is 97.7 Å². The van der Waals surface area contributed by atoms with Gasteiger partial charge in [-0.3, -0.25) is 0 Å². The van der Waals surface area contributed by atoms with E-state index in [1.54, 1.807) is 0 Å². The van der Waals surface area contributed by atoms with E-state index in [1.165, 1.54) is 89.2 Å². The van der Waals surface area contributed by atoms with Crippen LogP contribution in [0.15, 0.2) is 24.3 Å². The maximum atomic E-state index is 13.8. The van der Waals surface area contributed by atoms with E-state index >= 15 is 0 Å². The molecule has 420 valence electrons. The number of allylic oxidation sites excluding steroid dienone is 2. The first-order valence-corrected chi connectivity index (χ1v) is 27.2. The van der Waals surface area contributed by atoms with Crippen molar-refractivity contribution >= 4 is 10.4 Å². The highest BCUT2D eigenvalue weighted by Crippen LogP contribution is 2.46. The average molecular weight is 1050 g/mol. The molecule has 2 heterocycles. The van der Waals surface area contributed by atoms with Gasteiger partial charge < -0.3 is 92.4 Å². The Labute approximate surface area is 420 Å². The van der Waals surface area contributed by atoms with Gasteiger partial charge in [0.1, 0.15) is 48.8 Å². The zero-order valence-corrected chi connectivity index (χ0v) is 42.7. The molecule has 12 unspecified atom stereocenters. The molecule has 2 saturated heterocycles. The molecule has 2 aliphatic rings. The minimum absolute atomic E-state index is 0.446. The number of aliphatic hydroxyl groups is 14. The number of ether oxygens (including phenoxy) is 2. The molecular weight excluding hydrogens is 957 g/mol. The molecular formula is C48H92N2O20S. The number of hydrogen-bond acceptors (Lipinski definition) is 22. The average Bonchev–Trinajstić information content (AvgIpc) is 3.33. The monoisotopic (exact) mass is 1050 g/mol. The summed E-state index contributed by atoms with van der Waals surface area (Å²) in [4.78, 5) is 0. The lowest BCUT2D eigenvalue weighted by molar-refractivity contribution is -0.483. The summed E-state index contributed by atoms with van der Waals surface area (Å²) in [5.74, 6) is -8.84. The molecule has 0 aromatic rings. The van der Waals surface area contributed by atoms with Crippen molar-refractivity contribution in [3.8, 4) is 0 Å². The van der Waals surface area contributed by atoms with Crippen LogP contribution in [0.5, 0.6) is 0 Å². The Morgan fingerprint density at radius 3 is 1.04 bits per heavy atom. The molecule has 16 atom stereocenters. The van der Waals surface area contributed by atoms with Gasteiger partial charge in [-0.15, -0.1) is 0 Å². The van der Waals surface area contributed by atoms with Crippen molar-refractivity contribution in [2.75, 3.05) is 13.2 Å². The highest BCUT2D eigenvalue weighted by atomic mass is 32.3. The van der Waals surface area contributed by atoms with Gasteiger partial charge in [0.25, 0.3) is 0 Å². The Balaban J connectivity index is 2.25. The van der Waals surface area contributed by atoms with Crippen LogP contribution in [-0.2, 0) is 28.2 Å². The number of hydrogen-bond donors (Lipinski definition) is 16. The Bertz CT molecular complexity index is 1510. The molecule has 0 radical (unpaired) electrons. The summed E-state index contributed by atoms with van der Waals surface area (Å²) in [5.41, 5.74) is 4.01. The molecule has 18 N–H and O–H groups in total. The fourth-order valence-corrected chi connectivity index (χ4v) is 9.99. The van der Waals surface area contributed by atoms with Crippen LogP contribution in [0.4, 0.5) is 0 Å². The normalized spacial score (nSPS) is 32.3. The van der Waals surface area contributed by atoms with Gasteiger partial charge in [0.15, 0.2) is 0 Å². The quantitative estimate of drug-likeness (QED) is 0.0217. The van der Waals surface area contributed by atoms with Crippen molar-refractivity contribution in [3.05, 3.63) is 24.3 Å². The van der Waals surface area contributed by atoms with Crippen LogP contribution >= 0.6 is 0 Å². The topological polar surface area (TPSA) is 406 Å². The van der Waals surface area contributed by atoms with Gasteiger partial charge in [-0.1, -0.05) is 167 Å². The molecule has 0 bridgehead atoms. The first-order valence-electron chi connectivity index (χ1n) is 25.9. The fourth-order valence-electron chi connectivity index (χ4n) is 9.06. The SMILES string of the molecule is CCCCCCCCCCCCC/C=C/[C@@H](O)[C@H](N)C(O)C1(O)C(O)C(O)C(CO)OC1(O)OS(=O)(=O)OC1(O)OC(CO)C(O)C(O)C1(O)C(O)[C@@H](N)[C@H](O)/C=C/CCCCCCCCCCCCC. The maximum absolute atomic E-state index is 13.8. The number of aliphatic hydroxyl groups excluding tert-OH is 10. The number of nitrogens with two attached hydrogens (primary N) is 2. The second kappa shape index (κ2) is 32.3. The fraction of sp³-hybridized carbons (Fsp3) is 0.917. The lowest BCUT2D eigenvalue weighted by atomic mass is 9.77. The second-order valence-electron chi connectivity index (χ2n) is 19.5. The largest absolute Gasteiger partial charge is 0.409 e. The molecule has 0 aromatic carbocycles.